The summed E-state index contributed by atoms with van der Waals surface area (Å²) in [5.41, 5.74) is 1.34. The molecule has 0 N–H and O–H groups in total. The van der Waals surface area contributed by atoms with E-state index in [9.17, 15) is 21.6 Å². The van der Waals surface area contributed by atoms with E-state index in [1.54, 1.807) is 17.0 Å². The number of rotatable bonds is 6. The van der Waals surface area contributed by atoms with Crippen LogP contribution in [0.3, 0.4) is 0 Å². The third kappa shape index (κ3) is 4.59. The van der Waals surface area contributed by atoms with Gasteiger partial charge in [-0.15, -0.1) is 0 Å². The van der Waals surface area contributed by atoms with Crippen LogP contribution in [0.15, 0.2) is 23.1 Å². The molecule has 1 unspecified atom stereocenters. The van der Waals surface area contributed by atoms with E-state index in [2.05, 4.69) is 4.98 Å². The van der Waals surface area contributed by atoms with Crippen molar-refractivity contribution in [3.63, 3.8) is 0 Å². The molecule has 10 heteroatoms. The molecule has 1 fully saturated rings. The highest BCUT2D eigenvalue weighted by Gasteiger charge is 2.41. The first-order chi connectivity index (χ1) is 13.5. The Kier molecular flexibility index (Phi) is 6.26. The SMILES string of the molecule is CCCn1c(CN2CCCC(C(F)(F)F)C2)nc2cc(S(=O)(=O)N(C)C)ccc21. The molecule has 162 valence electrons. The van der Waals surface area contributed by atoms with Crippen molar-refractivity contribution in [2.24, 2.45) is 5.92 Å². The van der Waals surface area contributed by atoms with Crippen molar-refractivity contribution in [2.75, 3.05) is 27.2 Å². The molecule has 2 aromatic rings. The summed E-state index contributed by atoms with van der Waals surface area (Å²) in [5, 5.41) is 0. The van der Waals surface area contributed by atoms with Gasteiger partial charge in [-0.05, 0) is 44.0 Å². The first kappa shape index (κ1) is 22.0. The molecule has 1 aromatic carbocycles. The highest BCUT2D eigenvalue weighted by atomic mass is 32.2. The lowest BCUT2D eigenvalue weighted by atomic mass is 9.97. The van der Waals surface area contributed by atoms with E-state index in [-0.39, 0.29) is 17.9 Å². The molecule has 1 aliphatic rings. The van der Waals surface area contributed by atoms with Crippen LogP contribution < -0.4 is 0 Å². The number of sulfonamides is 1. The van der Waals surface area contributed by atoms with Gasteiger partial charge in [0.1, 0.15) is 5.82 Å². The summed E-state index contributed by atoms with van der Waals surface area (Å²) in [5.74, 6) is -0.638. The van der Waals surface area contributed by atoms with E-state index in [1.165, 1.54) is 20.2 Å². The smallest absolute Gasteiger partial charge is 0.327 e. The Morgan fingerprint density at radius 2 is 2.00 bits per heavy atom. The highest BCUT2D eigenvalue weighted by molar-refractivity contribution is 7.89. The predicted molar refractivity (Wildman–Crippen MR) is 105 cm³/mol. The average molecular weight is 433 g/mol. The number of alkyl halides is 3. The van der Waals surface area contributed by atoms with Crippen LogP contribution >= 0.6 is 0 Å². The van der Waals surface area contributed by atoms with Gasteiger partial charge in [-0.1, -0.05) is 6.92 Å². The second kappa shape index (κ2) is 8.23. The number of nitrogens with zero attached hydrogens (tertiary/aromatic N) is 4. The third-order valence-electron chi connectivity index (χ3n) is 5.36. The normalized spacial score (nSPS) is 19.3. The summed E-state index contributed by atoms with van der Waals surface area (Å²) >= 11 is 0. The average Bonchev–Trinajstić information content (AvgIpc) is 2.98. The van der Waals surface area contributed by atoms with Crippen molar-refractivity contribution in [1.82, 2.24) is 18.8 Å². The van der Waals surface area contributed by atoms with Gasteiger partial charge in [0.05, 0.1) is 28.4 Å². The van der Waals surface area contributed by atoms with Crippen molar-refractivity contribution in [3.05, 3.63) is 24.0 Å². The lowest BCUT2D eigenvalue weighted by Gasteiger charge is -2.33. The Hall–Kier alpha value is -1.65. The predicted octanol–water partition coefficient (Wildman–Crippen LogP) is 3.47. The number of piperidine rings is 1. The summed E-state index contributed by atoms with van der Waals surface area (Å²) in [6.07, 6.45) is -2.68. The maximum Gasteiger partial charge on any atom is 0.393 e. The van der Waals surface area contributed by atoms with E-state index >= 15 is 0 Å². The van der Waals surface area contributed by atoms with Gasteiger partial charge in [0, 0.05) is 27.2 Å². The second-order valence-electron chi connectivity index (χ2n) is 7.73. The van der Waals surface area contributed by atoms with E-state index in [0.29, 0.717) is 37.4 Å². The monoisotopic (exact) mass is 432 g/mol. The number of hydrogen-bond donors (Lipinski definition) is 0. The topological polar surface area (TPSA) is 58.4 Å². The number of aromatic nitrogens is 2. The quantitative estimate of drug-likeness (QED) is 0.701. The summed E-state index contributed by atoms with van der Waals surface area (Å²) in [4.78, 5) is 6.55. The molecule has 0 bridgehead atoms. The molecule has 1 atom stereocenters. The minimum atomic E-state index is -4.18. The third-order valence-corrected chi connectivity index (χ3v) is 7.17. The first-order valence-corrected chi connectivity index (χ1v) is 11.2. The van der Waals surface area contributed by atoms with Crippen LogP contribution in [0.4, 0.5) is 13.2 Å². The van der Waals surface area contributed by atoms with Crippen LogP contribution in [0.5, 0.6) is 0 Å². The van der Waals surface area contributed by atoms with Crippen LogP contribution in [-0.4, -0.2) is 60.5 Å². The Morgan fingerprint density at radius 1 is 1.28 bits per heavy atom. The zero-order valence-electron chi connectivity index (χ0n) is 16.9. The summed E-state index contributed by atoms with van der Waals surface area (Å²) < 4.78 is 67.4. The van der Waals surface area contributed by atoms with E-state index in [1.807, 2.05) is 11.5 Å². The zero-order chi connectivity index (χ0) is 21.4. The molecule has 0 radical (unpaired) electrons. The van der Waals surface area contributed by atoms with Gasteiger partial charge in [0.2, 0.25) is 10.0 Å². The molecule has 29 heavy (non-hydrogen) atoms. The number of likely N-dealkylation sites (tertiary alicyclic amines) is 1. The van der Waals surface area contributed by atoms with Crippen LogP contribution in [0.2, 0.25) is 0 Å². The molecule has 0 saturated carbocycles. The Morgan fingerprint density at radius 3 is 2.62 bits per heavy atom. The van der Waals surface area contributed by atoms with Crippen LogP contribution in [0.1, 0.15) is 32.0 Å². The molecule has 0 spiro atoms. The molecular weight excluding hydrogens is 405 g/mol. The number of imidazole rings is 1. The van der Waals surface area contributed by atoms with Gasteiger partial charge in [-0.3, -0.25) is 4.90 Å². The van der Waals surface area contributed by atoms with Crippen LogP contribution in [-0.2, 0) is 23.1 Å². The molecule has 3 rings (SSSR count). The Balaban J connectivity index is 1.94. The summed E-state index contributed by atoms with van der Waals surface area (Å²) in [7, 11) is -0.654. The molecule has 1 saturated heterocycles. The van der Waals surface area contributed by atoms with E-state index in [0.717, 1.165) is 16.2 Å². The fourth-order valence-corrected chi connectivity index (χ4v) is 4.71. The molecule has 1 aromatic heterocycles. The summed E-state index contributed by atoms with van der Waals surface area (Å²) in [6.45, 7) is 3.57. The minimum absolute atomic E-state index is 0.0287. The van der Waals surface area contributed by atoms with E-state index < -0.39 is 22.1 Å². The largest absolute Gasteiger partial charge is 0.393 e. The number of benzene rings is 1. The fraction of sp³-hybridized carbons (Fsp3) is 0.632. The Bertz CT molecular complexity index is 970. The molecule has 1 aliphatic heterocycles. The number of hydrogen-bond acceptors (Lipinski definition) is 4. The van der Waals surface area contributed by atoms with Gasteiger partial charge in [-0.2, -0.15) is 13.2 Å². The van der Waals surface area contributed by atoms with Gasteiger partial charge in [0.25, 0.3) is 0 Å². The van der Waals surface area contributed by atoms with Crippen molar-refractivity contribution in [2.45, 2.75) is 50.3 Å². The molecule has 0 aliphatic carbocycles. The number of fused-ring (bicyclic) bond motifs is 1. The van der Waals surface area contributed by atoms with Crippen molar-refractivity contribution in [1.29, 1.82) is 0 Å². The number of halogens is 3. The maximum absolute atomic E-state index is 13.1. The number of aryl methyl sites for hydroxylation is 1. The molecule has 2 heterocycles. The first-order valence-electron chi connectivity index (χ1n) is 9.74. The van der Waals surface area contributed by atoms with Crippen LogP contribution in [0, 0.1) is 5.92 Å². The lowest BCUT2D eigenvalue weighted by Crippen LogP contribution is -2.41. The Labute approximate surface area is 169 Å². The lowest BCUT2D eigenvalue weighted by molar-refractivity contribution is -0.187. The zero-order valence-corrected chi connectivity index (χ0v) is 17.7. The van der Waals surface area contributed by atoms with Gasteiger partial charge < -0.3 is 4.57 Å². The molecule has 6 nitrogen and oxygen atoms in total. The minimum Gasteiger partial charge on any atom is -0.327 e. The van der Waals surface area contributed by atoms with Gasteiger partial charge >= 0.3 is 6.18 Å². The molecular formula is C19H27F3N4O2S. The van der Waals surface area contributed by atoms with Gasteiger partial charge in [-0.25, -0.2) is 17.7 Å². The second-order valence-corrected chi connectivity index (χ2v) is 9.89. The van der Waals surface area contributed by atoms with Crippen molar-refractivity contribution >= 4 is 21.1 Å². The van der Waals surface area contributed by atoms with Crippen molar-refractivity contribution < 1.29 is 21.6 Å². The highest BCUT2D eigenvalue weighted by Crippen LogP contribution is 2.33. The van der Waals surface area contributed by atoms with Crippen molar-refractivity contribution in [3.8, 4) is 0 Å². The molecule has 0 amide bonds. The van der Waals surface area contributed by atoms with Crippen LogP contribution in [0.25, 0.3) is 11.0 Å². The van der Waals surface area contributed by atoms with Gasteiger partial charge in [0.15, 0.2) is 0 Å². The summed E-state index contributed by atoms with van der Waals surface area (Å²) in [6, 6.07) is 4.82. The fourth-order valence-electron chi connectivity index (χ4n) is 3.79. The standard InChI is InChI=1S/C19H27F3N4O2S/c1-4-9-26-17-8-7-15(29(27,28)24(2)3)11-16(17)23-18(26)13-25-10-5-6-14(12-25)19(20,21)22/h7-8,11,14H,4-6,9-10,12-13H2,1-3H3. The maximum atomic E-state index is 13.1. The van der Waals surface area contributed by atoms with E-state index in [4.69, 9.17) is 0 Å².